The smallest absolute Gasteiger partial charge is 0.122 e. The van der Waals surface area contributed by atoms with E-state index in [9.17, 15) is 0 Å². The van der Waals surface area contributed by atoms with E-state index in [-0.39, 0.29) is 5.41 Å². The van der Waals surface area contributed by atoms with E-state index in [0.29, 0.717) is 0 Å². The maximum absolute atomic E-state index is 9.14. The third kappa shape index (κ3) is 2.21. The van der Waals surface area contributed by atoms with Gasteiger partial charge in [0.15, 0.2) is 0 Å². The number of nitrogens with zero attached hydrogens (tertiary/aromatic N) is 1. The lowest BCUT2D eigenvalue weighted by Crippen LogP contribution is -2.04. The third-order valence-electron chi connectivity index (χ3n) is 3.42. The van der Waals surface area contributed by atoms with E-state index in [4.69, 9.17) is 14.7 Å². The van der Waals surface area contributed by atoms with Crippen LogP contribution in [-0.4, -0.2) is 14.2 Å². The lowest BCUT2D eigenvalue weighted by molar-refractivity contribution is 0.394. The molecule has 0 saturated heterocycles. The molecular formula is C14H17NO2. The van der Waals surface area contributed by atoms with Crippen LogP contribution in [-0.2, 0) is 6.42 Å². The highest BCUT2D eigenvalue weighted by Gasteiger charge is 2.43. The molecule has 3 heteroatoms. The molecule has 0 bridgehead atoms. The SMILES string of the molecule is COc1cc(CC2(C#N)CC2)c(OC)cc1C. The zero-order valence-corrected chi connectivity index (χ0v) is 10.5. The van der Waals surface area contributed by atoms with Crippen molar-refractivity contribution in [2.24, 2.45) is 5.41 Å². The van der Waals surface area contributed by atoms with Crippen LogP contribution in [0.5, 0.6) is 11.5 Å². The van der Waals surface area contributed by atoms with Gasteiger partial charge in [-0.1, -0.05) is 0 Å². The molecule has 90 valence electrons. The van der Waals surface area contributed by atoms with Gasteiger partial charge in [-0.3, -0.25) is 0 Å². The van der Waals surface area contributed by atoms with E-state index in [1.54, 1.807) is 14.2 Å². The second-order valence-electron chi connectivity index (χ2n) is 4.70. The summed E-state index contributed by atoms with van der Waals surface area (Å²) >= 11 is 0. The minimum atomic E-state index is -0.159. The van der Waals surface area contributed by atoms with E-state index in [0.717, 1.165) is 41.9 Å². The molecule has 1 aromatic rings. The molecule has 17 heavy (non-hydrogen) atoms. The molecule has 0 heterocycles. The summed E-state index contributed by atoms with van der Waals surface area (Å²) in [5.41, 5.74) is 1.96. The predicted molar refractivity (Wildman–Crippen MR) is 65.3 cm³/mol. The number of hydrogen-bond donors (Lipinski definition) is 0. The van der Waals surface area contributed by atoms with Gasteiger partial charge >= 0.3 is 0 Å². The highest BCUT2D eigenvalue weighted by molar-refractivity contribution is 5.47. The number of benzene rings is 1. The van der Waals surface area contributed by atoms with Crippen LogP contribution >= 0.6 is 0 Å². The average molecular weight is 231 g/mol. The largest absolute Gasteiger partial charge is 0.496 e. The Morgan fingerprint density at radius 2 is 1.88 bits per heavy atom. The molecule has 0 N–H and O–H groups in total. The molecule has 0 aliphatic heterocycles. The monoisotopic (exact) mass is 231 g/mol. The summed E-state index contributed by atoms with van der Waals surface area (Å²) in [6.45, 7) is 1.99. The Labute approximate surface area is 102 Å². The summed E-state index contributed by atoms with van der Waals surface area (Å²) in [5, 5.41) is 9.14. The van der Waals surface area contributed by atoms with Gasteiger partial charge in [-0.05, 0) is 49.4 Å². The Morgan fingerprint density at radius 3 is 2.35 bits per heavy atom. The molecule has 0 amide bonds. The van der Waals surface area contributed by atoms with Gasteiger partial charge in [0.25, 0.3) is 0 Å². The topological polar surface area (TPSA) is 42.2 Å². The van der Waals surface area contributed by atoms with Gasteiger partial charge in [0, 0.05) is 0 Å². The van der Waals surface area contributed by atoms with Crippen molar-refractivity contribution in [1.29, 1.82) is 5.26 Å². The van der Waals surface area contributed by atoms with Crippen LogP contribution in [0.1, 0.15) is 24.0 Å². The molecule has 0 radical (unpaired) electrons. The molecular weight excluding hydrogens is 214 g/mol. The molecule has 1 aliphatic rings. The van der Waals surface area contributed by atoms with Crippen molar-refractivity contribution in [3.8, 4) is 17.6 Å². The average Bonchev–Trinajstić information content (AvgIpc) is 3.11. The van der Waals surface area contributed by atoms with Crippen molar-refractivity contribution in [2.75, 3.05) is 14.2 Å². The number of hydrogen-bond acceptors (Lipinski definition) is 3. The lowest BCUT2D eigenvalue weighted by Gasteiger charge is -2.14. The van der Waals surface area contributed by atoms with Gasteiger partial charge in [0.05, 0.1) is 25.7 Å². The third-order valence-corrected chi connectivity index (χ3v) is 3.42. The van der Waals surface area contributed by atoms with E-state index in [1.807, 2.05) is 19.1 Å². The second-order valence-corrected chi connectivity index (χ2v) is 4.70. The van der Waals surface area contributed by atoms with Crippen LogP contribution in [0.25, 0.3) is 0 Å². The van der Waals surface area contributed by atoms with Crippen LogP contribution < -0.4 is 9.47 Å². The van der Waals surface area contributed by atoms with E-state index in [1.165, 1.54) is 0 Å². The van der Waals surface area contributed by atoms with E-state index in [2.05, 4.69) is 6.07 Å². The highest BCUT2D eigenvalue weighted by Crippen LogP contribution is 2.49. The van der Waals surface area contributed by atoms with Crippen LogP contribution in [0, 0.1) is 23.7 Å². The number of nitriles is 1. The van der Waals surface area contributed by atoms with E-state index >= 15 is 0 Å². The first-order chi connectivity index (χ1) is 8.14. The maximum Gasteiger partial charge on any atom is 0.122 e. The van der Waals surface area contributed by atoms with Crippen molar-refractivity contribution in [1.82, 2.24) is 0 Å². The van der Waals surface area contributed by atoms with Gasteiger partial charge < -0.3 is 9.47 Å². The molecule has 0 atom stereocenters. The van der Waals surface area contributed by atoms with Crippen LogP contribution in [0.15, 0.2) is 12.1 Å². The first-order valence-corrected chi connectivity index (χ1v) is 5.77. The molecule has 1 fully saturated rings. The Morgan fingerprint density at radius 1 is 1.24 bits per heavy atom. The van der Waals surface area contributed by atoms with Gasteiger partial charge in [-0.25, -0.2) is 0 Å². The number of aryl methyl sites for hydroxylation is 1. The van der Waals surface area contributed by atoms with E-state index < -0.39 is 0 Å². The summed E-state index contributed by atoms with van der Waals surface area (Å²) in [6.07, 6.45) is 2.73. The first-order valence-electron chi connectivity index (χ1n) is 5.77. The zero-order chi connectivity index (χ0) is 12.5. The lowest BCUT2D eigenvalue weighted by atomic mass is 9.96. The number of methoxy groups -OCH3 is 2. The van der Waals surface area contributed by atoms with Crippen molar-refractivity contribution < 1.29 is 9.47 Å². The Bertz CT molecular complexity index is 470. The second kappa shape index (κ2) is 4.29. The van der Waals surface area contributed by atoms with Crippen molar-refractivity contribution in [3.05, 3.63) is 23.3 Å². The number of rotatable bonds is 4. The van der Waals surface area contributed by atoms with Crippen LogP contribution in [0.4, 0.5) is 0 Å². The van der Waals surface area contributed by atoms with Crippen molar-refractivity contribution >= 4 is 0 Å². The maximum atomic E-state index is 9.14. The predicted octanol–water partition coefficient (Wildman–Crippen LogP) is 2.86. The van der Waals surface area contributed by atoms with Gasteiger partial charge in [0.1, 0.15) is 11.5 Å². The fourth-order valence-corrected chi connectivity index (χ4v) is 2.10. The number of ether oxygens (including phenoxy) is 2. The van der Waals surface area contributed by atoms with Crippen molar-refractivity contribution in [2.45, 2.75) is 26.2 Å². The molecule has 0 unspecified atom stereocenters. The fraction of sp³-hybridized carbons (Fsp3) is 0.500. The quantitative estimate of drug-likeness (QED) is 0.800. The zero-order valence-electron chi connectivity index (χ0n) is 10.5. The summed E-state index contributed by atoms with van der Waals surface area (Å²) < 4.78 is 10.7. The molecule has 1 saturated carbocycles. The molecule has 2 rings (SSSR count). The van der Waals surface area contributed by atoms with Gasteiger partial charge in [0.2, 0.25) is 0 Å². The Balaban J connectivity index is 2.35. The summed E-state index contributed by atoms with van der Waals surface area (Å²) in [7, 11) is 3.33. The van der Waals surface area contributed by atoms with Crippen molar-refractivity contribution in [3.63, 3.8) is 0 Å². The molecule has 0 aromatic heterocycles. The fourth-order valence-electron chi connectivity index (χ4n) is 2.10. The molecule has 3 nitrogen and oxygen atoms in total. The van der Waals surface area contributed by atoms with Crippen LogP contribution in [0.3, 0.4) is 0 Å². The summed E-state index contributed by atoms with van der Waals surface area (Å²) in [6, 6.07) is 6.37. The highest BCUT2D eigenvalue weighted by atomic mass is 16.5. The summed E-state index contributed by atoms with van der Waals surface area (Å²) in [5.74, 6) is 1.71. The first kappa shape index (κ1) is 11.8. The van der Waals surface area contributed by atoms with Gasteiger partial charge in [-0.15, -0.1) is 0 Å². The standard InChI is InChI=1S/C14H17NO2/c1-10-6-13(17-3)11(7-12(10)16-2)8-14(9-15)4-5-14/h6-7H,4-5,8H2,1-3H3. The Hall–Kier alpha value is -1.69. The minimum absolute atomic E-state index is 0.159. The Kier molecular flexibility index (Phi) is 2.97. The summed E-state index contributed by atoms with van der Waals surface area (Å²) in [4.78, 5) is 0. The molecule has 1 aliphatic carbocycles. The minimum Gasteiger partial charge on any atom is -0.496 e. The van der Waals surface area contributed by atoms with Crippen LogP contribution in [0.2, 0.25) is 0 Å². The van der Waals surface area contributed by atoms with Gasteiger partial charge in [-0.2, -0.15) is 5.26 Å². The normalized spacial score (nSPS) is 16.1. The molecule has 0 spiro atoms. The molecule has 1 aromatic carbocycles.